The number of hydrogen-bond acceptors (Lipinski definition) is 5. The SMILES string of the molecule is O=C(c1ccc(=O)n(CCOc2ccccc2)n1)N1CCOc2ccccc21. The number of nitrogens with zero attached hydrogens (tertiary/aromatic N) is 3. The molecule has 0 fully saturated rings. The number of carbonyl (C=O) groups is 1. The van der Waals surface area contributed by atoms with Crippen LogP contribution in [0.1, 0.15) is 10.5 Å². The Labute approximate surface area is 161 Å². The van der Waals surface area contributed by atoms with Gasteiger partial charge in [0, 0.05) is 6.07 Å². The van der Waals surface area contributed by atoms with Crippen LogP contribution in [0, 0.1) is 0 Å². The molecule has 0 saturated carbocycles. The zero-order valence-corrected chi connectivity index (χ0v) is 15.2. The van der Waals surface area contributed by atoms with Crippen molar-refractivity contribution in [2.45, 2.75) is 6.54 Å². The van der Waals surface area contributed by atoms with E-state index in [2.05, 4.69) is 5.10 Å². The van der Waals surface area contributed by atoms with Crippen molar-refractivity contribution in [1.29, 1.82) is 0 Å². The van der Waals surface area contributed by atoms with E-state index in [9.17, 15) is 9.59 Å². The van der Waals surface area contributed by atoms with Crippen molar-refractivity contribution in [3.63, 3.8) is 0 Å². The van der Waals surface area contributed by atoms with Crippen LogP contribution in [0.2, 0.25) is 0 Å². The van der Waals surface area contributed by atoms with Crippen LogP contribution in [0.5, 0.6) is 11.5 Å². The molecule has 142 valence electrons. The summed E-state index contributed by atoms with van der Waals surface area (Å²) in [6.45, 7) is 1.35. The molecule has 0 saturated heterocycles. The molecule has 2 aromatic carbocycles. The second-order valence-corrected chi connectivity index (χ2v) is 6.21. The lowest BCUT2D eigenvalue weighted by atomic mass is 10.2. The second kappa shape index (κ2) is 7.96. The normalized spacial score (nSPS) is 12.8. The van der Waals surface area contributed by atoms with Gasteiger partial charge in [-0.2, -0.15) is 5.10 Å². The minimum Gasteiger partial charge on any atom is -0.492 e. The summed E-state index contributed by atoms with van der Waals surface area (Å²) in [5.41, 5.74) is 0.623. The van der Waals surface area contributed by atoms with E-state index in [0.29, 0.717) is 30.3 Å². The van der Waals surface area contributed by atoms with Gasteiger partial charge >= 0.3 is 0 Å². The van der Waals surface area contributed by atoms with Crippen molar-refractivity contribution in [2.75, 3.05) is 24.7 Å². The molecule has 1 aromatic heterocycles. The van der Waals surface area contributed by atoms with Gasteiger partial charge in [0.05, 0.1) is 18.8 Å². The Morgan fingerprint density at radius 3 is 2.68 bits per heavy atom. The molecule has 0 atom stereocenters. The van der Waals surface area contributed by atoms with Crippen LogP contribution in [0.4, 0.5) is 5.69 Å². The van der Waals surface area contributed by atoms with Crippen LogP contribution in [-0.2, 0) is 6.54 Å². The van der Waals surface area contributed by atoms with Crippen molar-refractivity contribution in [2.24, 2.45) is 0 Å². The van der Waals surface area contributed by atoms with E-state index in [0.717, 1.165) is 0 Å². The Balaban J connectivity index is 1.51. The maximum atomic E-state index is 13.0. The third-order valence-electron chi connectivity index (χ3n) is 4.37. The molecular formula is C21H19N3O4. The van der Waals surface area contributed by atoms with E-state index in [4.69, 9.17) is 9.47 Å². The number of ether oxygens (including phenoxy) is 2. The van der Waals surface area contributed by atoms with Gasteiger partial charge in [0.2, 0.25) is 0 Å². The van der Waals surface area contributed by atoms with E-state index in [1.807, 2.05) is 54.6 Å². The van der Waals surface area contributed by atoms with Crippen LogP contribution in [-0.4, -0.2) is 35.4 Å². The fourth-order valence-electron chi connectivity index (χ4n) is 3.01. The monoisotopic (exact) mass is 377 g/mol. The number of fused-ring (bicyclic) bond motifs is 1. The van der Waals surface area contributed by atoms with Gasteiger partial charge in [0.15, 0.2) is 0 Å². The molecule has 7 heteroatoms. The van der Waals surface area contributed by atoms with Crippen LogP contribution in [0.25, 0.3) is 0 Å². The number of carbonyl (C=O) groups excluding carboxylic acids is 1. The van der Waals surface area contributed by atoms with Crippen molar-refractivity contribution in [3.8, 4) is 11.5 Å². The van der Waals surface area contributed by atoms with E-state index in [1.54, 1.807) is 4.90 Å². The van der Waals surface area contributed by atoms with E-state index >= 15 is 0 Å². The van der Waals surface area contributed by atoms with E-state index in [1.165, 1.54) is 16.8 Å². The number of rotatable bonds is 5. The summed E-state index contributed by atoms with van der Waals surface area (Å²) >= 11 is 0. The quantitative estimate of drug-likeness (QED) is 0.682. The Hall–Kier alpha value is -3.61. The third-order valence-corrected chi connectivity index (χ3v) is 4.37. The molecule has 1 amide bonds. The highest BCUT2D eigenvalue weighted by molar-refractivity contribution is 6.05. The van der Waals surface area contributed by atoms with Gasteiger partial charge in [-0.1, -0.05) is 30.3 Å². The molecule has 4 rings (SSSR count). The maximum absolute atomic E-state index is 13.0. The van der Waals surface area contributed by atoms with E-state index in [-0.39, 0.29) is 30.3 Å². The van der Waals surface area contributed by atoms with Crippen LogP contribution in [0.3, 0.4) is 0 Å². The lowest BCUT2D eigenvalue weighted by molar-refractivity contribution is 0.0969. The standard InChI is InChI=1S/C21H19N3O4/c25-20-11-10-17(22-24(20)13-15-27-16-6-2-1-3-7-16)21(26)23-12-14-28-19-9-5-4-8-18(19)23/h1-11H,12-15H2. The van der Waals surface area contributed by atoms with E-state index < -0.39 is 0 Å². The first kappa shape index (κ1) is 17.8. The number of hydrogen-bond donors (Lipinski definition) is 0. The molecule has 0 bridgehead atoms. The summed E-state index contributed by atoms with van der Waals surface area (Å²) in [5, 5.41) is 4.24. The van der Waals surface area contributed by atoms with Crippen molar-refractivity contribution in [1.82, 2.24) is 9.78 Å². The van der Waals surface area contributed by atoms with Gasteiger partial charge < -0.3 is 14.4 Å². The van der Waals surface area contributed by atoms with Crippen molar-refractivity contribution >= 4 is 11.6 Å². The minimum atomic E-state index is -0.282. The topological polar surface area (TPSA) is 73.7 Å². The lowest BCUT2D eigenvalue weighted by Crippen LogP contribution is -2.39. The smallest absolute Gasteiger partial charge is 0.278 e. The molecule has 7 nitrogen and oxygen atoms in total. The molecule has 0 spiro atoms. The summed E-state index contributed by atoms with van der Waals surface area (Å²) in [6, 6.07) is 19.5. The highest BCUT2D eigenvalue weighted by atomic mass is 16.5. The molecule has 2 heterocycles. The van der Waals surface area contributed by atoms with Crippen molar-refractivity contribution < 1.29 is 14.3 Å². The average Bonchev–Trinajstić information content (AvgIpc) is 2.75. The lowest BCUT2D eigenvalue weighted by Gasteiger charge is -2.29. The van der Waals surface area contributed by atoms with Gasteiger partial charge in [0.25, 0.3) is 11.5 Å². The summed E-state index contributed by atoms with van der Waals surface area (Å²) in [7, 11) is 0. The number of para-hydroxylation sites is 3. The zero-order valence-electron chi connectivity index (χ0n) is 15.2. The van der Waals surface area contributed by atoms with Gasteiger partial charge in [0.1, 0.15) is 30.4 Å². The first-order chi connectivity index (χ1) is 13.7. The molecule has 0 radical (unpaired) electrons. The van der Waals surface area contributed by atoms with Crippen LogP contribution in [0.15, 0.2) is 71.5 Å². The highest BCUT2D eigenvalue weighted by Gasteiger charge is 2.25. The fourth-order valence-corrected chi connectivity index (χ4v) is 3.01. The van der Waals surface area contributed by atoms with Crippen LogP contribution >= 0.6 is 0 Å². The van der Waals surface area contributed by atoms with Crippen LogP contribution < -0.4 is 19.9 Å². The Morgan fingerprint density at radius 2 is 1.82 bits per heavy atom. The molecule has 0 unspecified atom stereocenters. The molecule has 3 aromatic rings. The predicted molar refractivity (Wildman–Crippen MR) is 104 cm³/mol. The number of amides is 1. The van der Waals surface area contributed by atoms with Gasteiger partial charge in [-0.3, -0.25) is 9.59 Å². The summed E-state index contributed by atoms with van der Waals surface area (Å²) in [4.78, 5) is 26.7. The maximum Gasteiger partial charge on any atom is 0.278 e. The zero-order chi connectivity index (χ0) is 19.3. The molecule has 1 aliphatic rings. The van der Waals surface area contributed by atoms with Gasteiger partial charge in [-0.25, -0.2) is 4.68 Å². The minimum absolute atomic E-state index is 0.205. The van der Waals surface area contributed by atoms with Gasteiger partial charge in [-0.05, 0) is 30.3 Å². The summed E-state index contributed by atoms with van der Waals surface area (Å²) in [6.07, 6.45) is 0. The number of anilines is 1. The number of benzene rings is 2. The fraction of sp³-hybridized carbons (Fsp3) is 0.190. The first-order valence-electron chi connectivity index (χ1n) is 9.02. The predicted octanol–water partition coefficient (Wildman–Crippen LogP) is 2.36. The Morgan fingerprint density at radius 1 is 1.04 bits per heavy atom. The molecular weight excluding hydrogens is 358 g/mol. The molecule has 0 N–H and O–H groups in total. The third kappa shape index (κ3) is 3.73. The van der Waals surface area contributed by atoms with Crippen molar-refractivity contribution in [3.05, 3.63) is 82.8 Å². The second-order valence-electron chi connectivity index (χ2n) is 6.21. The molecule has 1 aliphatic heterocycles. The molecule has 28 heavy (non-hydrogen) atoms. The molecule has 0 aliphatic carbocycles. The summed E-state index contributed by atoms with van der Waals surface area (Å²) < 4.78 is 12.5. The average molecular weight is 377 g/mol. The first-order valence-corrected chi connectivity index (χ1v) is 9.02. The van der Waals surface area contributed by atoms with Gasteiger partial charge in [-0.15, -0.1) is 0 Å². The highest BCUT2D eigenvalue weighted by Crippen LogP contribution is 2.31. The number of aromatic nitrogens is 2. The Kier molecular flexibility index (Phi) is 5.05. The Bertz CT molecular complexity index is 1030. The summed E-state index contributed by atoms with van der Waals surface area (Å²) in [5.74, 6) is 1.10. The largest absolute Gasteiger partial charge is 0.492 e.